The van der Waals surface area contributed by atoms with Crippen molar-refractivity contribution in [3.63, 3.8) is 0 Å². The quantitative estimate of drug-likeness (QED) is 0.584. The molecule has 2 rings (SSSR count). The molecule has 0 amide bonds. The summed E-state index contributed by atoms with van der Waals surface area (Å²) >= 11 is 0. The van der Waals surface area contributed by atoms with Crippen molar-refractivity contribution in [3.05, 3.63) is 35.4 Å². The number of hydrogen-bond donors (Lipinski definition) is 0. The van der Waals surface area contributed by atoms with E-state index in [0.717, 1.165) is 30.4 Å². The van der Waals surface area contributed by atoms with Gasteiger partial charge >= 0.3 is 0 Å². The summed E-state index contributed by atoms with van der Waals surface area (Å²) < 4.78 is 10.6. The lowest BCUT2D eigenvalue weighted by atomic mass is 9.72. The van der Waals surface area contributed by atoms with Crippen LogP contribution in [0.5, 0.6) is 0 Å². The largest absolute Gasteiger partial charge is 0.382 e. The minimum atomic E-state index is -0.358. The Morgan fingerprint density at radius 2 is 2.21 bits per heavy atom. The van der Waals surface area contributed by atoms with E-state index in [-0.39, 0.29) is 11.6 Å². The average Bonchev–Trinajstić information content (AvgIpc) is 2.40. The number of ether oxygens (including phenoxy) is 2. The maximum atomic E-state index is 10.6. The fraction of sp³-hybridized carbons (Fsp3) is 0.533. The van der Waals surface area contributed by atoms with E-state index in [1.807, 2.05) is 18.2 Å². The molecule has 19 heavy (non-hydrogen) atoms. The van der Waals surface area contributed by atoms with Gasteiger partial charge in [0.2, 0.25) is 6.08 Å². The fourth-order valence-electron chi connectivity index (χ4n) is 2.54. The van der Waals surface area contributed by atoms with Crippen LogP contribution in [0.4, 0.5) is 0 Å². The molecule has 1 aromatic rings. The monoisotopic (exact) mass is 261 g/mol. The van der Waals surface area contributed by atoms with Gasteiger partial charge in [-0.05, 0) is 30.4 Å². The number of aliphatic imine (C=N–C) groups is 1. The summed E-state index contributed by atoms with van der Waals surface area (Å²) in [6, 6.07) is 8.07. The molecule has 4 nitrogen and oxygen atoms in total. The van der Waals surface area contributed by atoms with Gasteiger partial charge in [-0.3, -0.25) is 0 Å². The van der Waals surface area contributed by atoms with Crippen LogP contribution >= 0.6 is 0 Å². The minimum Gasteiger partial charge on any atom is -0.382 e. The molecule has 102 valence electrons. The molecule has 0 spiro atoms. The van der Waals surface area contributed by atoms with Crippen molar-refractivity contribution in [1.29, 1.82) is 0 Å². The van der Waals surface area contributed by atoms with Gasteiger partial charge in [0.05, 0.1) is 12.1 Å². The molecule has 0 heterocycles. The summed E-state index contributed by atoms with van der Waals surface area (Å²) in [6.07, 6.45) is 4.54. The lowest BCUT2D eigenvalue weighted by molar-refractivity contribution is 0.0273. The van der Waals surface area contributed by atoms with E-state index in [9.17, 15) is 4.79 Å². The SMILES string of the molecule is COCC(OC)c1cccc(C2(N=C=O)CCC2)c1. The van der Waals surface area contributed by atoms with Crippen LogP contribution in [-0.2, 0) is 19.8 Å². The number of hydrogen-bond acceptors (Lipinski definition) is 4. The highest BCUT2D eigenvalue weighted by molar-refractivity contribution is 5.40. The molecule has 1 atom stereocenters. The van der Waals surface area contributed by atoms with Crippen molar-refractivity contribution >= 4 is 6.08 Å². The van der Waals surface area contributed by atoms with Gasteiger partial charge in [0, 0.05) is 14.2 Å². The van der Waals surface area contributed by atoms with Crippen LogP contribution in [0.1, 0.15) is 36.5 Å². The number of nitrogens with zero attached hydrogens (tertiary/aromatic N) is 1. The number of isocyanates is 1. The van der Waals surface area contributed by atoms with Gasteiger partial charge in [-0.2, -0.15) is 4.99 Å². The molecule has 1 fully saturated rings. The maximum Gasteiger partial charge on any atom is 0.235 e. The minimum absolute atomic E-state index is 0.0951. The first-order valence-electron chi connectivity index (χ1n) is 6.47. The van der Waals surface area contributed by atoms with Gasteiger partial charge in [-0.25, -0.2) is 4.79 Å². The number of methoxy groups -OCH3 is 2. The first kappa shape index (κ1) is 13.9. The molecular weight excluding hydrogens is 242 g/mol. The Hall–Kier alpha value is -1.48. The second-order valence-electron chi connectivity index (χ2n) is 4.89. The van der Waals surface area contributed by atoms with Crippen LogP contribution in [0.25, 0.3) is 0 Å². The third-order valence-electron chi connectivity index (χ3n) is 3.84. The Balaban J connectivity index is 2.30. The molecule has 1 aliphatic rings. The highest BCUT2D eigenvalue weighted by Crippen LogP contribution is 2.45. The van der Waals surface area contributed by atoms with E-state index < -0.39 is 0 Å². The summed E-state index contributed by atoms with van der Waals surface area (Å²) in [4.78, 5) is 14.7. The molecule has 1 saturated carbocycles. The maximum absolute atomic E-state index is 10.6. The Kier molecular flexibility index (Phi) is 4.48. The summed E-state index contributed by atoms with van der Waals surface area (Å²) in [5, 5.41) is 0. The average molecular weight is 261 g/mol. The van der Waals surface area contributed by atoms with Crippen LogP contribution in [0.15, 0.2) is 29.3 Å². The van der Waals surface area contributed by atoms with Gasteiger partial charge in [0.15, 0.2) is 0 Å². The van der Waals surface area contributed by atoms with E-state index in [4.69, 9.17) is 9.47 Å². The van der Waals surface area contributed by atoms with E-state index in [0.29, 0.717) is 6.61 Å². The van der Waals surface area contributed by atoms with Crippen LogP contribution in [0, 0.1) is 0 Å². The third kappa shape index (κ3) is 2.76. The van der Waals surface area contributed by atoms with Gasteiger partial charge in [-0.15, -0.1) is 0 Å². The molecular formula is C15H19NO3. The lowest BCUT2D eigenvalue weighted by Crippen LogP contribution is -2.32. The predicted molar refractivity (Wildman–Crippen MR) is 71.7 cm³/mol. The van der Waals surface area contributed by atoms with Crippen LogP contribution in [0.2, 0.25) is 0 Å². The normalized spacial score (nSPS) is 18.2. The highest BCUT2D eigenvalue weighted by atomic mass is 16.5. The van der Waals surface area contributed by atoms with Gasteiger partial charge < -0.3 is 9.47 Å². The standard InChI is InChI=1S/C15H19NO3/c1-18-10-14(19-2)12-5-3-6-13(9-12)15(16-11-17)7-4-8-15/h3,5-6,9,14H,4,7-8,10H2,1-2H3. The van der Waals surface area contributed by atoms with Crippen molar-refractivity contribution in [2.24, 2.45) is 4.99 Å². The number of benzene rings is 1. The second-order valence-corrected chi connectivity index (χ2v) is 4.89. The molecule has 0 saturated heterocycles. The molecule has 4 heteroatoms. The lowest BCUT2D eigenvalue weighted by Gasteiger charge is -2.37. The van der Waals surface area contributed by atoms with Gasteiger partial charge in [0.1, 0.15) is 6.10 Å². The molecule has 0 N–H and O–H groups in total. The summed E-state index contributed by atoms with van der Waals surface area (Å²) in [7, 11) is 3.32. The zero-order valence-corrected chi connectivity index (χ0v) is 11.4. The van der Waals surface area contributed by atoms with Gasteiger partial charge in [0.25, 0.3) is 0 Å². The third-order valence-corrected chi connectivity index (χ3v) is 3.84. The molecule has 0 bridgehead atoms. The van der Waals surface area contributed by atoms with Crippen LogP contribution in [-0.4, -0.2) is 26.9 Å². The zero-order valence-electron chi connectivity index (χ0n) is 11.4. The molecule has 1 unspecified atom stereocenters. The van der Waals surface area contributed by atoms with Gasteiger partial charge in [-0.1, -0.05) is 24.3 Å². The first-order chi connectivity index (χ1) is 9.25. The number of rotatable bonds is 6. The summed E-state index contributed by atoms with van der Waals surface area (Å²) in [5.41, 5.74) is 1.76. The van der Waals surface area contributed by atoms with Crippen molar-refractivity contribution in [3.8, 4) is 0 Å². The van der Waals surface area contributed by atoms with Crippen molar-refractivity contribution in [2.45, 2.75) is 30.9 Å². The fourth-order valence-corrected chi connectivity index (χ4v) is 2.54. The van der Waals surface area contributed by atoms with E-state index in [1.165, 1.54) is 0 Å². The highest BCUT2D eigenvalue weighted by Gasteiger charge is 2.39. The number of carbonyl (C=O) groups excluding carboxylic acids is 1. The topological polar surface area (TPSA) is 47.9 Å². The molecule has 0 aromatic heterocycles. The summed E-state index contributed by atoms with van der Waals surface area (Å²) in [6.45, 7) is 0.504. The Morgan fingerprint density at radius 3 is 2.74 bits per heavy atom. The van der Waals surface area contributed by atoms with Crippen LogP contribution < -0.4 is 0 Å². The Morgan fingerprint density at radius 1 is 1.42 bits per heavy atom. The first-order valence-corrected chi connectivity index (χ1v) is 6.47. The van der Waals surface area contributed by atoms with E-state index in [1.54, 1.807) is 20.3 Å². The van der Waals surface area contributed by atoms with E-state index in [2.05, 4.69) is 11.1 Å². The van der Waals surface area contributed by atoms with E-state index >= 15 is 0 Å². The molecule has 1 aliphatic carbocycles. The van der Waals surface area contributed by atoms with Crippen molar-refractivity contribution in [1.82, 2.24) is 0 Å². The molecule has 0 radical (unpaired) electrons. The van der Waals surface area contributed by atoms with Crippen molar-refractivity contribution in [2.75, 3.05) is 20.8 Å². The predicted octanol–water partition coefficient (Wildman–Crippen LogP) is 2.74. The van der Waals surface area contributed by atoms with Crippen molar-refractivity contribution < 1.29 is 14.3 Å². The Bertz CT molecular complexity index is 476. The molecule has 1 aromatic carbocycles. The van der Waals surface area contributed by atoms with Crippen LogP contribution in [0.3, 0.4) is 0 Å². The zero-order chi connectivity index (χ0) is 13.7. The second kappa shape index (κ2) is 6.11. The molecule has 0 aliphatic heterocycles. The Labute approximate surface area is 113 Å². The summed E-state index contributed by atoms with van der Waals surface area (Å²) in [5.74, 6) is 0. The smallest absolute Gasteiger partial charge is 0.235 e.